The fourth-order valence-electron chi connectivity index (χ4n) is 1.77. The summed E-state index contributed by atoms with van der Waals surface area (Å²) in [5.41, 5.74) is 1.42. The summed E-state index contributed by atoms with van der Waals surface area (Å²) in [5.74, 6) is 0.438. The van der Waals surface area contributed by atoms with Crippen molar-refractivity contribution in [3.05, 3.63) is 33.9 Å². The van der Waals surface area contributed by atoms with Gasteiger partial charge in [-0.25, -0.2) is 18.4 Å². The van der Waals surface area contributed by atoms with E-state index in [1.165, 1.54) is 35.2 Å². The maximum atomic E-state index is 12.0. The molecule has 0 fully saturated rings. The molecule has 0 atom stereocenters. The smallest absolute Gasteiger partial charge is 0.232 e. The van der Waals surface area contributed by atoms with E-state index in [9.17, 15) is 8.42 Å². The summed E-state index contributed by atoms with van der Waals surface area (Å²) in [5, 5.41) is 0.756. The Morgan fingerprint density at radius 1 is 1.33 bits per heavy atom. The van der Waals surface area contributed by atoms with Crippen LogP contribution in [0.1, 0.15) is 15.6 Å². The largest absolute Gasteiger partial charge is 0.481 e. The summed E-state index contributed by atoms with van der Waals surface area (Å²) < 4.78 is 30.3. The molecule has 114 valence electrons. The maximum absolute atomic E-state index is 12.0. The van der Waals surface area contributed by atoms with Crippen LogP contribution in [0.4, 0.5) is 5.69 Å². The van der Waals surface area contributed by atoms with Crippen molar-refractivity contribution in [2.75, 3.05) is 17.7 Å². The Balaban J connectivity index is 2.34. The van der Waals surface area contributed by atoms with Crippen LogP contribution in [-0.4, -0.2) is 31.8 Å². The van der Waals surface area contributed by atoms with Gasteiger partial charge >= 0.3 is 0 Å². The molecule has 21 heavy (non-hydrogen) atoms. The molecular formula is C13H17N3O3S2. The standard InChI is InChI=1S/C13H17N3O3S2/c1-9-10(2)20-13(15-9)8-16(21(4,17)18)11-5-6-12(19-3)14-7-11/h5-7H,8H2,1-4H3. The molecule has 0 aromatic carbocycles. The molecule has 0 radical (unpaired) electrons. The normalized spacial score (nSPS) is 11.4. The van der Waals surface area contributed by atoms with Gasteiger partial charge in [-0.1, -0.05) is 0 Å². The van der Waals surface area contributed by atoms with Gasteiger partial charge in [0.2, 0.25) is 15.9 Å². The lowest BCUT2D eigenvalue weighted by molar-refractivity contribution is 0.398. The molecule has 0 spiro atoms. The molecule has 0 saturated heterocycles. The van der Waals surface area contributed by atoms with Crippen LogP contribution in [-0.2, 0) is 16.6 Å². The minimum Gasteiger partial charge on any atom is -0.481 e. The average molecular weight is 327 g/mol. The lowest BCUT2D eigenvalue weighted by atomic mass is 10.4. The Kier molecular flexibility index (Phi) is 4.48. The van der Waals surface area contributed by atoms with E-state index in [0.717, 1.165) is 15.6 Å². The molecule has 8 heteroatoms. The molecule has 6 nitrogen and oxygen atoms in total. The van der Waals surface area contributed by atoms with Crippen molar-refractivity contribution in [2.45, 2.75) is 20.4 Å². The van der Waals surface area contributed by atoms with Gasteiger partial charge < -0.3 is 4.74 Å². The number of hydrogen-bond donors (Lipinski definition) is 0. The van der Waals surface area contributed by atoms with Gasteiger partial charge in [-0.2, -0.15) is 0 Å². The first-order valence-electron chi connectivity index (χ1n) is 6.22. The summed E-state index contributed by atoms with van der Waals surface area (Å²) >= 11 is 1.50. The third-order valence-electron chi connectivity index (χ3n) is 2.97. The number of pyridine rings is 1. The highest BCUT2D eigenvalue weighted by molar-refractivity contribution is 7.92. The summed E-state index contributed by atoms with van der Waals surface area (Å²) in [7, 11) is -1.91. The number of rotatable bonds is 5. The Morgan fingerprint density at radius 2 is 2.05 bits per heavy atom. The zero-order valence-electron chi connectivity index (χ0n) is 12.3. The molecule has 0 saturated carbocycles. The zero-order valence-corrected chi connectivity index (χ0v) is 14.0. The molecule has 0 aliphatic rings. The van der Waals surface area contributed by atoms with E-state index in [0.29, 0.717) is 11.6 Å². The fraction of sp³-hybridized carbons (Fsp3) is 0.385. The third-order valence-corrected chi connectivity index (χ3v) is 5.17. The Hall–Kier alpha value is -1.67. The number of thiazole rings is 1. The number of ether oxygens (including phenoxy) is 1. The van der Waals surface area contributed by atoms with Crippen LogP contribution in [0.15, 0.2) is 18.3 Å². The molecule has 2 aromatic rings. The van der Waals surface area contributed by atoms with E-state index in [4.69, 9.17) is 4.74 Å². The van der Waals surface area contributed by atoms with Gasteiger partial charge in [0.1, 0.15) is 5.01 Å². The Morgan fingerprint density at radius 3 is 2.48 bits per heavy atom. The predicted octanol–water partition coefficient (Wildman–Crippen LogP) is 2.13. The van der Waals surface area contributed by atoms with Gasteiger partial charge in [0, 0.05) is 10.9 Å². The molecule has 0 aliphatic carbocycles. The Bertz CT molecular complexity index is 704. The lowest BCUT2D eigenvalue weighted by Gasteiger charge is -2.20. The zero-order chi connectivity index (χ0) is 15.6. The molecule has 0 bridgehead atoms. The first-order valence-corrected chi connectivity index (χ1v) is 8.88. The van der Waals surface area contributed by atoms with E-state index in [1.54, 1.807) is 12.1 Å². The molecule has 0 amide bonds. The summed E-state index contributed by atoms with van der Waals surface area (Å²) in [6.07, 6.45) is 2.65. The average Bonchev–Trinajstić information content (AvgIpc) is 2.74. The highest BCUT2D eigenvalue weighted by Crippen LogP contribution is 2.24. The number of nitrogens with zero attached hydrogens (tertiary/aromatic N) is 3. The Labute approximate surface area is 128 Å². The number of methoxy groups -OCH3 is 1. The minimum absolute atomic E-state index is 0.201. The van der Waals surface area contributed by atoms with Crippen molar-refractivity contribution >= 4 is 27.0 Å². The van der Waals surface area contributed by atoms with E-state index < -0.39 is 10.0 Å². The van der Waals surface area contributed by atoms with Gasteiger partial charge in [0.25, 0.3) is 0 Å². The summed E-state index contributed by atoms with van der Waals surface area (Å²) in [6, 6.07) is 3.30. The van der Waals surface area contributed by atoms with Crippen LogP contribution in [0.2, 0.25) is 0 Å². The second-order valence-electron chi connectivity index (χ2n) is 4.58. The van der Waals surface area contributed by atoms with Crippen molar-refractivity contribution in [1.82, 2.24) is 9.97 Å². The van der Waals surface area contributed by atoms with Gasteiger partial charge in [0.15, 0.2) is 0 Å². The monoisotopic (exact) mass is 327 g/mol. The van der Waals surface area contributed by atoms with Gasteiger partial charge in [0.05, 0.1) is 37.5 Å². The van der Waals surface area contributed by atoms with Crippen molar-refractivity contribution in [3.63, 3.8) is 0 Å². The van der Waals surface area contributed by atoms with Crippen LogP contribution in [0.3, 0.4) is 0 Å². The van der Waals surface area contributed by atoms with Crippen LogP contribution in [0.25, 0.3) is 0 Å². The van der Waals surface area contributed by atoms with Crippen LogP contribution < -0.4 is 9.04 Å². The number of aromatic nitrogens is 2. The fourth-order valence-corrected chi connectivity index (χ4v) is 3.62. The SMILES string of the molecule is COc1ccc(N(Cc2nc(C)c(C)s2)S(C)(=O)=O)cn1. The van der Waals surface area contributed by atoms with Crippen molar-refractivity contribution in [3.8, 4) is 5.88 Å². The van der Waals surface area contributed by atoms with E-state index in [-0.39, 0.29) is 6.54 Å². The van der Waals surface area contributed by atoms with Crippen molar-refractivity contribution in [2.24, 2.45) is 0 Å². The van der Waals surface area contributed by atoms with Crippen LogP contribution in [0.5, 0.6) is 5.88 Å². The topological polar surface area (TPSA) is 72.4 Å². The van der Waals surface area contributed by atoms with E-state index in [2.05, 4.69) is 9.97 Å². The maximum Gasteiger partial charge on any atom is 0.232 e. The minimum atomic E-state index is -3.42. The number of sulfonamides is 1. The second kappa shape index (κ2) is 5.98. The molecule has 0 unspecified atom stereocenters. The highest BCUT2D eigenvalue weighted by Gasteiger charge is 2.20. The quantitative estimate of drug-likeness (QED) is 0.841. The number of aryl methyl sites for hydroxylation is 2. The second-order valence-corrected chi connectivity index (χ2v) is 7.77. The van der Waals surface area contributed by atoms with Gasteiger partial charge in [-0.15, -0.1) is 11.3 Å². The van der Waals surface area contributed by atoms with Crippen molar-refractivity contribution in [1.29, 1.82) is 0 Å². The molecule has 0 aliphatic heterocycles. The van der Waals surface area contributed by atoms with Gasteiger partial charge in [-0.05, 0) is 19.9 Å². The first kappa shape index (κ1) is 15.7. The van der Waals surface area contributed by atoms with E-state index in [1.807, 2.05) is 13.8 Å². The molecular weight excluding hydrogens is 310 g/mol. The lowest BCUT2D eigenvalue weighted by Crippen LogP contribution is -2.29. The van der Waals surface area contributed by atoms with E-state index >= 15 is 0 Å². The molecule has 2 heterocycles. The first-order chi connectivity index (χ1) is 9.81. The predicted molar refractivity (Wildman–Crippen MR) is 83.4 cm³/mol. The summed E-state index contributed by atoms with van der Waals surface area (Å²) in [6.45, 7) is 4.08. The third kappa shape index (κ3) is 3.70. The number of anilines is 1. The molecule has 2 aromatic heterocycles. The van der Waals surface area contributed by atoms with Crippen LogP contribution >= 0.6 is 11.3 Å². The van der Waals surface area contributed by atoms with Gasteiger partial charge in [-0.3, -0.25) is 4.31 Å². The number of hydrogen-bond acceptors (Lipinski definition) is 6. The summed E-state index contributed by atoms with van der Waals surface area (Å²) in [4.78, 5) is 9.53. The van der Waals surface area contributed by atoms with Crippen molar-refractivity contribution < 1.29 is 13.2 Å². The molecule has 0 N–H and O–H groups in total. The highest BCUT2D eigenvalue weighted by atomic mass is 32.2. The molecule has 2 rings (SSSR count). The van der Waals surface area contributed by atoms with Crippen LogP contribution in [0, 0.1) is 13.8 Å².